The number of piperidine rings is 1. The van der Waals surface area contributed by atoms with Crippen LogP contribution in [0.3, 0.4) is 0 Å². The van der Waals surface area contributed by atoms with Crippen molar-refractivity contribution in [2.45, 2.75) is 62.9 Å². The monoisotopic (exact) mass is 281 g/mol. The molecular weight excluding hydrogens is 258 g/mol. The van der Waals surface area contributed by atoms with E-state index in [9.17, 15) is 14.4 Å². The molecule has 6 heteroatoms. The van der Waals surface area contributed by atoms with Gasteiger partial charge in [-0.15, -0.1) is 0 Å². The van der Waals surface area contributed by atoms with E-state index in [2.05, 4.69) is 16.0 Å². The lowest BCUT2D eigenvalue weighted by molar-refractivity contribution is -0.137. The van der Waals surface area contributed by atoms with Gasteiger partial charge in [-0.2, -0.15) is 0 Å². The molecule has 6 nitrogen and oxygen atoms in total. The Hall–Kier alpha value is -1.43. The van der Waals surface area contributed by atoms with Crippen molar-refractivity contribution in [2.75, 3.05) is 7.05 Å². The number of carbonyl (C=O) groups is 3. The standard InChI is InChI=1S/C14H23N3O3/c1-15-14(7-3-2-4-8-14)9-12(19)16-10-5-6-11(18)17-13(10)20/h10,15H,2-9H2,1H3,(H,16,19)(H,17,18,20). The Kier molecular flexibility index (Phi) is 4.75. The first-order chi connectivity index (χ1) is 9.54. The molecule has 1 aliphatic carbocycles. The summed E-state index contributed by atoms with van der Waals surface area (Å²) in [5, 5.41) is 8.29. The second-order valence-corrected chi connectivity index (χ2v) is 5.84. The summed E-state index contributed by atoms with van der Waals surface area (Å²) in [5.74, 6) is -0.771. The first-order valence-corrected chi connectivity index (χ1v) is 7.37. The smallest absolute Gasteiger partial charge is 0.249 e. The van der Waals surface area contributed by atoms with Gasteiger partial charge in [0, 0.05) is 18.4 Å². The molecule has 1 unspecified atom stereocenters. The number of carbonyl (C=O) groups excluding carboxylic acids is 3. The maximum Gasteiger partial charge on any atom is 0.249 e. The molecular formula is C14H23N3O3. The maximum absolute atomic E-state index is 12.2. The topological polar surface area (TPSA) is 87.3 Å². The summed E-state index contributed by atoms with van der Waals surface area (Å²) in [7, 11) is 1.89. The van der Waals surface area contributed by atoms with E-state index >= 15 is 0 Å². The maximum atomic E-state index is 12.2. The van der Waals surface area contributed by atoms with E-state index in [0.29, 0.717) is 12.8 Å². The highest BCUT2D eigenvalue weighted by atomic mass is 16.2. The van der Waals surface area contributed by atoms with Crippen LogP contribution in [-0.4, -0.2) is 36.3 Å². The van der Waals surface area contributed by atoms with Crippen molar-refractivity contribution >= 4 is 17.7 Å². The van der Waals surface area contributed by atoms with Gasteiger partial charge in [0.05, 0.1) is 0 Å². The van der Waals surface area contributed by atoms with Crippen molar-refractivity contribution in [2.24, 2.45) is 0 Å². The van der Waals surface area contributed by atoms with E-state index in [1.165, 1.54) is 6.42 Å². The fourth-order valence-corrected chi connectivity index (χ4v) is 3.13. The van der Waals surface area contributed by atoms with Gasteiger partial charge in [-0.1, -0.05) is 19.3 Å². The Morgan fingerprint density at radius 2 is 2.00 bits per heavy atom. The molecule has 1 atom stereocenters. The lowest BCUT2D eigenvalue weighted by Gasteiger charge is -2.37. The number of hydrogen-bond donors (Lipinski definition) is 3. The predicted octanol–water partition coefficient (Wildman–Crippen LogP) is 0.220. The number of imide groups is 1. The zero-order valence-electron chi connectivity index (χ0n) is 12.0. The first-order valence-electron chi connectivity index (χ1n) is 7.37. The van der Waals surface area contributed by atoms with Gasteiger partial charge < -0.3 is 10.6 Å². The van der Waals surface area contributed by atoms with Crippen LogP contribution in [0.2, 0.25) is 0 Å². The average molecular weight is 281 g/mol. The Morgan fingerprint density at radius 1 is 1.30 bits per heavy atom. The van der Waals surface area contributed by atoms with Crippen LogP contribution in [-0.2, 0) is 14.4 Å². The second kappa shape index (κ2) is 6.35. The van der Waals surface area contributed by atoms with Gasteiger partial charge in [-0.3, -0.25) is 19.7 Å². The fourth-order valence-electron chi connectivity index (χ4n) is 3.13. The number of amides is 3. The lowest BCUT2D eigenvalue weighted by Crippen LogP contribution is -2.55. The summed E-state index contributed by atoms with van der Waals surface area (Å²) in [6.07, 6.45) is 6.54. The highest BCUT2D eigenvalue weighted by Crippen LogP contribution is 2.30. The molecule has 3 amide bonds. The molecule has 1 aliphatic heterocycles. The summed E-state index contributed by atoms with van der Waals surface area (Å²) in [4.78, 5) is 34.8. The molecule has 3 N–H and O–H groups in total. The second-order valence-electron chi connectivity index (χ2n) is 5.84. The van der Waals surface area contributed by atoms with Gasteiger partial charge in [0.2, 0.25) is 17.7 Å². The van der Waals surface area contributed by atoms with Crippen molar-refractivity contribution in [1.29, 1.82) is 0 Å². The van der Waals surface area contributed by atoms with Crippen LogP contribution in [0.4, 0.5) is 0 Å². The molecule has 0 spiro atoms. The zero-order chi connectivity index (χ0) is 14.6. The molecule has 0 bridgehead atoms. The molecule has 2 aliphatic rings. The van der Waals surface area contributed by atoms with Gasteiger partial charge in [0.15, 0.2) is 0 Å². The Morgan fingerprint density at radius 3 is 2.60 bits per heavy atom. The van der Waals surface area contributed by atoms with Crippen LogP contribution in [0.5, 0.6) is 0 Å². The van der Waals surface area contributed by atoms with Gasteiger partial charge in [0.25, 0.3) is 0 Å². The molecule has 1 saturated heterocycles. The van der Waals surface area contributed by atoms with Gasteiger partial charge in [-0.25, -0.2) is 0 Å². The van der Waals surface area contributed by atoms with Crippen molar-refractivity contribution < 1.29 is 14.4 Å². The third-order valence-corrected chi connectivity index (χ3v) is 4.41. The summed E-state index contributed by atoms with van der Waals surface area (Å²) < 4.78 is 0. The van der Waals surface area contributed by atoms with E-state index < -0.39 is 11.9 Å². The van der Waals surface area contributed by atoms with Crippen LogP contribution < -0.4 is 16.0 Å². The van der Waals surface area contributed by atoms with Crippen LogP contribution in [0, 0.1) is 0 Å². The summed E-state index contributed by atoms with van der Waals surface area (Å²) in [5.41, 5.74) is -0.136. The van der Waals surface area contributed by atoms with Crippen LogP contribution >= 0.6 is 0 Å². The van der Waals surface area contributed by atoms with Crippen molar-refractivity contribution in [3.8, 4) is 0 Å². The lowest BCUT2D eigenvalue weighted by atomic mass is 9.79. The predicted molar refractivity (Wildman–Crippen MR) is 73.8 cm³/mol. The van der Waals surface area contributed by atoms with Gasteiger partial charge >= 0.3 is 0 Å². The molecule has 2 fully saturated rings. The molecule has 1 heterocycles. The highest BCUT2D eigenvalue weighted by molar-refractivity contribution is 6.01. The number of rotatable bonds is 4. The van der Waals surface area contributed by atoms with Gasteiger partial charge in [-0.05, 0) is 26.3 Å². The minimum Gasteiger partial charge on any atom is -0.344 e. The minimum absolute atomic E-state index is 0.115. The van der Waals surface area contributed by atoms with Crippen LogP contribution in [0.15, 0.2) is 0 Å². The summed E-state index contributed by atoms with van der Waals surface area (Å²) in [6.45, 7) is 0. The highest BCUT2D eigenvalue weighted by Gasteiger charge is 2.34. The molecule has 20 heavy (non-hydrogen) atoms. The average Bonchev–Trinajstić information content (AvgIpc) is 2.43. The normalized spacial score (nSPS) is 25.9. The Balaban J connectivity index is 1.88. The summed E-state index contributed by atoms with van der Waals surface area (Å²) >= 11 is 0. The van der Waals surface area contributed by atoms with Crippen molar-refractivity contribution in [3.05, 3.63) is 0 Å². The third-order valence-electron chi connectivity index (χ3n) is 4.41. The molecule has 0 radical (unpaired) electrons. The van der Waals surface area contributed by atoms with Crippen molar-refractivity contribution in [1.82, 2.24) is 16.0 Å². The molecule has 2 rings (SSSR count). The van der Waals surface area contributed by atoms with Crippen LogP contribution in [0.25, 0.3) is 0 Å². The van der Waals surface area contributed by atoms with Crippen LogP contribution in [0.1, 0.15) is 51.4 Å². The molecule has 1 saturated carbocycles. The summed E-state index contributed by atoms with van der Waals surface area (Å²) in [6, 6.07) is -0.572. The Bertz CT molecular complexity index is 402. The van der Waals surface area contributed by atoms with E-state index in [1.54, 1.807) is 0 Å². The largest absolute Gasteiger partial charge is 0.344 e. The third kappa shape index (κ3) is 3.56. The number of hydrogen-bond acceptors (Lipinski definition) is 4. The first kappa shape index (κ1) is 15.0. The zero-order valence-corrected chi connectivity index (χ0v) is 12.0. The molecule has 0 aromatic carbocycles. The van der Waals surface area contributed by atoms with E-state index in [1.807, 2.05) is 7.05 Å². The quantitative estimate of drug-likeness (QED) is 0.643. The van der Waals surface area contributed by atoms with E-state index in [-0.39, 0.29) is 23.8 Å². The SMILES string of the molecule is CNC1(CC(=O)NC2CCC(=O)NC2=O)CCCCC1. The van der Waals surface area contributed by atoms with Gasteiger partial charge in [0.1, 0.15) is 6.04 Å². The van der Waals surface area contributed by atoms with E-state index in [4.69, 9.17) is 0 Å². The number of nitrogens with one attached hydrogen (secondary N) is 3. The minimum atomic E-state index is -0.572. The molecule has 0 aromatic heterocycles. The molecule has 112 valence electrons. The van der Waals surface area contributed by atoms with Crippen molar-refractivity contribution in [3.63, 3.8) is 0 Å². The molecule has 0 aromatic rings. The Labute approximate surface area is 119 Å². The van der Waals surface area contributed by atoms with E-state index in [0.717, 1.165) is 25.7 Å². The fraction of sp³-hybridized carbons (Fsp3) is 0.786.